The fourth-order valence-electron chi connectivity index (χ4n) is 3.66. The number of benzene rings is 2. The Hall–Kier alpha value is -3.71. The summed E-state index contributed by atoms with van der Waals surface area (Å²) in [6, 6.07) is 21.5. The molecule has 143 valence electrons. The maximum atomic E-state index is 12.6. The molecule has 3 heterocycles. The lowest BCUT2D eigenvalue weighted by atomic mass is 10.0. The van der Waals surface area contributed by atoms with Gasteiger partial charge in [0, 0.05) is 36.4 Å². The van der Waals surface area contributed by atoms with Gasteiger partial charge in [-0.05, 0) is 35.9 Å². The van der Waals surface area contributed by atoms with Crippen LogP contribution in [0.4, 0.5) is 11.6 Å². The zero-order chi connectivity index (χ0) is 19.8. The standard InChI is InChI=1S/C22H19N6O/c23-11-12-27-14-16-10-9-15(13-18(16)21(27)29)19-7-4-8-20-25-22(26-28(19)20)24-17-5-2-1-3-6-17/h1-10,13,23H,11-12,14H2,(H,24,26). The Labute approximate surface area is 167 Å². The van der Waals surface area contributed by atoms with Crippen molar-refractivity contribution in [3.05, 3.63) is 77.9 Å². The molecular formula is C22H19N6O. The van der Waals surface area contributed by atoms with Crippen LogP contribution in [-0.2, 0) is 6.54 Å². The van der Waals surface area contributed by atoms with Gasteiger partial charge >= 0.3 is 0 Å². The van der Waals surface area contributed by atoms with Crippen molar-refractivity contribution in [2.45, 2.75) is 6.54 Å². The van der Waals surface area contributed by atoms with Gasteiger partial charge < -0.3 is 10.2 Å². The van der Waals surface area contributed by atoms with Crippen LogP contribution in [0.25, 0.3) is 16.9 Å². The van der Waals surface area contributed by atoms with Gasteiger partial charge in [0.2, 0.25) is 5.95 Å². The van der Waals surface area contributed by atoms with E-state index in [0.717, 1.165) is 28.2 Å². The molecule has 4 aromatic rings. The van der Waals surface area contributed by atoms with E-state index in [-0.39, 0.29) is 12.5 Å². The first-order chi connectivity index (χ1) is 14.2. The summed E-state index contributed by atoms with van der Waals surface area (Å²) >= 11 is 0. The summed E-state index contributed by atoms with van der Waals surface area (Å²) in [5.74, 6) is 0.508. The van der Waals surface area contributed by atoms with Gasteiger partial charge in [0.25, 0.3) is 5.91 Å². The van der Waals surface area contributed by atoms with Crippen molar-refractivity contribution < 1.29 is 4.79 Å². The van der Waals surface area contributed by atoms with Crippen LogP contribution in [0, 0.1) is 0 Å². The number of pyridine rings is 1. The van der Waals surface area contributed by atoms with Crippen molar-refractivity contribution in [1.29, 1.82) is 0 Å². The molecule has 0 saturated carbocycles. The highest BCUT2D eigenvalue weighted by Gasteiger charge is 2.27. The molecule has 2 N–H and O–H groups in total. The van der Waals surface area contributed by atoms with Gasteiger partial charge in [-0.15, -0.1) is 5.10 Å². The van der Waals surface area contributed by atoms with Crippen molar-refractivity contribution in [3.8, 4) is 11.3 Å². The molecule has 1 aliphatic rings. The number of anilines is 2. The van der Waals surface area contributed by atoms with Crippen LogP contribution in [-0.4, -0.2) is 38.5 Å². The van der Waals surface area contributed by atoms with Crippen LogP contribution in [0.1, 0.15) is 15.9 Å². The average molecular weight is 383 g/mol. The Kier molecular flexibility index (Phi) is 4.22. The van der Waals surface area contributed by atoms with E-state index in [4.69, 9.17) is 5.73 Å². The summed E-state index contributed by atoms with van der Waals surface area (Å²) in [5.41, 5.74) is 12.5. The predicted octanol–water partition coefficient (Wildman–Crippen LogP) is 3.38. The topological polar surface area (TPSA) is 86.3 Å². The van der Waals surface area contributed by atoms with Crippen LogP contribution in [0.2, 0.25) is 0 Å². The molecule has 29 heavy (non-hydrogen) atoms. The molecule has 0 aliphatic carbocycles. The van der Waals surface area contributed by atoms with Gasteiger partial charge in [-0.2, -0.15) is 4.98 Å². The molecule has 0 saturated heterocycles. The van der Waals surface area contributed by atoms with Crippen molar-refractivity contribution in [1.82, 2.24) is 25.2 Å². The fourth-order valence-corrected chi connectivity index (χ4v) is 3.66. The third-order valence-electron chi connectivity index (χ3n) is 5.06. The maximum absolute atomic E-state index is 12.6. The van der Waals surface area contributed by atoms with E-state index in [9.17, 15) is 4.79 Å². The summed E-state index contributed by atoms with van der Waals surface area (Å²) in [4.78, 5) is 18.9. The number of fused-ring (bicyclic) bond motifs is 2. The second-order valence-electron chi connectivity index (χ2n) is 6.96. The molecule has 5 rings (SSSR count). The smallest absolute Gasteiger partial charge is 0.254 e. The van der Waals surface area contributed by atoms with Crippen LogP contribution >= 0.6 is 0 Å². The molecule has 1 aliphatic heterocycles. The van der Waals surface area contributed by atoms with Crippen molar-refractivity contribution in [2.75, 3.05) is 18.4 Å². The van der Waals surface area contributed by atoms with Gasteiger partial charge in [0.1, 0.15) is 0 Å². The number of carbonyl (C=O) groups excluding carboxylic acids is 1. The maximum Gasteiger partial charge on any atom is 0.254 e. The number of nitrogens with one attached hydrogen (secondary N) is 2. The van der Waals surface area contributed by atoms with Gasteiger partial charge in [0.15, 0.2) is 5.65 Å². The van der Waals surface area contributed by atoms with Gasteiger partial charge in [-0.3, -0.25) is 10.5 Å². The third-order valence-corrected chi connectivity index (χ3v) is 5.06. The lowest BCUT2D eigenvalue weighted by Crippen LogP contribution is -2.27. The molecule has 0 spiro atoms. The van der Waals surface area contributed by atoms with Gasteiger partial charge in [-0.25, -0.2) is 4.52 Å². The lowest BCUT2D eigenvalue weighted by molar-refractivity contribution is 0.0782. The molecule has 1 amide bonds. The van der Waals surface area contributed by atoms with Gasteiger partial charge in [-0.1, -0.05) is 36.4 Å². The third kappa shape index (κ3) is 3.11. The fraction of sp³-hybridized carbons (Fsp3) is 0.136. The van der Waals surface area contributed by atoms with E-state index in [1.54, 1.807) is 9.42 Å². The summed E-state index contributed by atoms with van der Waals surface area (Å²) in [5, 5.41) is 7.83. The van der Waals surface area contributed by atoms with Crippen LogP contribution in [0.15, 0.2) is 66.7 Å². The van der Waals surface area contributed by atoms with E-state index < -0.39 is 0 Å². The Morgan fingerprint density at radius 1 is 1.03 bits per heavy atom. The Balaban J connectivity index is 1.52. The molecule has 0 atom stereocenters. The number of hydrogen-bond acceptors (Lipinski definition) is 4. The van der Waals surface area contributed by atoms with Crippen LogP contribution in [0.5, 0.6) is 0 Å². The quantitative estimate of drug-likeness (QED) is 0.572. The number of para-hydroxylation sites is 1. The molecule has 0 unspecified atom stereocenters. The first kappa shape index (κ1) is 17.4. The zero-order valence-electron chi connectivity index (χ0n) is 15.7. The molecule has 2 aromatic heterocycles. The molecular weight excluding hydrogens is 364 g/mol. The predicted molar refractivity (Wildman–Crippen MR) is 111 cm³/mol. The Bertz CT molecular complexity index is 1200. The molecule has 7 nitrogen and oxygen atoms in total. The van der Waals surface area contributed by atoms with Crippen LogP contribution < -0.4 is 11.1 Å². The average Bonchev–Trinajstić information content (AvgIpc) is 3.29. The number of aromatic nitrogens is 3. The molecule has 2 aromatic carbocycles. The number of nitrogens with zero attached hydrogens (tertiary/aromatic N) is 4. The lowest BCUT2D eigenvalue weighted by Gasteiger charge is -2.12. The highest BCUT2D eigenvalue weighted by Crippen LogP contribution is 2.29. The normalized spacial score (nSPS) is 13.1. The molecule has 7 heteroatoms. The summed E-state index contributed by atoms with van der Waals surface area (Å²) in [7, 11) is 0. The minimum atomic E-state index is -0.00806. The number of rotatable bonds is 5. The second-order valence-corrected chi connectivity index (χ2v) is 6.96. The summed E-state index contributed by atoms with van der Waals surface area (Å²) < 4.78 is 1.79. The highest BCUT2D eigenvalue weighted by atomic mass is 16.2. The van der Waals surface area contributed by atoms with E-state index in [1.165, 1.54) is 0 Å². The van der Waals surface area contributed by atoms with Crippen LogP contribution in [0.3, 0.4) is 0 Å². The van der Waals surface area contributed by atoms with Crippen molar-refractivity contribution in [3.63, 3.8) is 0 Å². The molecule has 1 radical (unpaired) electrons. The monoisotopic (exact) mass is 383 g/mol. The SMILES string of the molecule is [NH]CCN1Cc2ccc(-c3cccc4nc(Nc5ccccc5)nn34)cc2C1=O. The van der Waals surface area contributed by atoms with Crippen molar-refractivity contribution in [2.24, 2.45) is 0 Å². The summed E-state index contributed by atoms with van der Waals surface area (Å²) in [6.45, 7) is 1.24. The number of carbonyl (C=O) groups is 1. The van der Waals surface area contributed by atoms with E-state index in [1.807, 2.05) is 66.7 Å². The first-order valence-corrected chi connectivity index (χ1v) is 9.48. The Morgan fingerprint density at radius 3 is 2.72 bits per heavy atom. The minimum Gasteiger partial charge on any atom is -0.333 e. The number of amides is 1. The zero-order valence-corrected chi connectivity index (χ0v) is 15.7. The van der Waals surface area contributed by atoms with Gasteiger partial charge in [0.05, 0.1) is 5.69 Å². The molecule has 0 bridgehead atoms. The second kappa shape index (κ2) is 7.03. The Morgan fingerprint density at radius 2 is 1.90 bits per heavy atom. The molecule has 0 fully saturated rings. The first-order valence-electron chi connectivity index (χ1n) is 9.48. The van der Waals surface area contributed by atoms with Crippen molar-refractivity contribution >= 4 is 23.2 Å². The minimum absolute atomic E-state index is 0.00806. The number of hydrogen-bond donors (Lipinski definition) is 1. The summed E-state index contributed by atoms with van der Waals surface area (Å²) in [6.07, 6.45) is 0. The van der Waals surface area contributed by atoms with E-state index in [2.05, 4.69) is 15.4 Å². The van der Waals surface area contributed by atoms with E-state index >= 15 is 0 Å². The largest absolute Gasteiger partial charge is 0.333 e. The van der Waals surface area contributed by atoms with E-state index in [0.29, 0.717) is 24.6 Å². The highest BCUT2D eigenvalue weighted by molar-refractivity contribution is 5.99.